The number of H-pyrrole nitrogens is 1. The van der Waals surface area contributed by atoms with Crippen molar-refractivity contribution in [3.8, 4) is 0 Å². The Morgan fingerprint density at radius 2 is 1.63 bits per heavy atom. The van der Waals surface area contributed by atoms with E-state index in [9.17, 15) is 32.8 Å². The number of hydrogen-bond donors (Lipinski definition) is 5. The van der Waals surface area contributed by atoms with Gasteiger partial charge in [0.05, 0.1) is 12.0 Å². The predicted molar refractivity (Wildman–Crippen MR) is 147 cm³/mol. The molecule has 0 fully saturated rings. The number of aromatic nitrogens is 1. The zero-order valence-corrected chi connectivity index (χ0v) is 23.2. The first-order valence-corrected chi connectivity index (χ1v) is 12.9. The summed E-state index contributed by atoms with van der Waals surface area (Å²) < 4.78 is 27.0. The van der Waals surface area contributed by atoms with Gasteiger partial charge in [-0.1, -0.05) is 45.0 Å². The highest BCUT2D eigenvalue weighted by Crippen LogP contribution is 2.18. The van der Waals surface area contributed by atoms with E-state index in [-0.39, 0.29) is 23.1 Å². The van der Waals surface area contributed by atoms with E-state index in [1.807, 2.05) is 20.8 Å². The van der Waals surface area contributed by atoms with Crippen molar-refractivity contribution in [2.45, 2.75) is 52.7 Å². The number of hydrogen-bond acceptors (Lipinski definition) is 5. The van der Waals surface area contributed by atoms with Gasteiger partial charge in [-0.3, -0.25) is 24.0 Å². The molecule has 2 atom stereocenters. The largest absolute Gasteiger partial charge is 0.360 e. The van der Waals surface area contributed by atoms with Gasteiger partial charge in [-0.05, 0) is 24.5 Å². The van der Waals surface area contributed by atoms with Gasteiger partial charge in [0.15, 0.2) is 0 Å². The van der Waals surface area contributed by atoms with Gasteiger partial charge in [0, 0.05) is 41.8 Å². The molecule has 1 aromatic heterocycles. The minimum absolute atomic E-state index is 0.0368. The molecule has 0 spiro atoms. The summed E-state index contributed by atoms with van der Waals surface area (Å²) in [5, 5.41) is 10.4. The zero-order chi connectivity index (χ0) is 30.3. The van der Waals surface area contributed by atoms with Crippen LogP contribution >= 0.6 is 0 Å². The van der Waals surface area contributed by atoms with Gasteiger partial charge in [0.2, 0.25) is 17.7 Å². The van der Waals surface area contributed by atoms with E-state index in [0.717, 1.165) is 6.07 Å². The van der Waals surface area contributed by atoms with Crippen molar-refractivity contribution in [3.63, 3.8) is 0 Å². The number of benzene rings is 2. The maximum atomic E-state index is 13.9. The Labute approximate surface area is 235 Å². The van der Waals surface area contributed by atoms with Crippen LogP contribution in [0.15, 0.2) is 48.7 Å². The van der Waals surface area contributed by atoms with Crippen molar-refractivity contribution >= 4 is 40.3 Å². The summed E-state index contributed by atoms with van der Waals surface area (Å²) in [5.74, 6) is -5.76. The smallest absolute Gasteiger partial charge is 0.293 e. The normalized spacial score (nSPS) is 12.7. The summed E-state index contributed by atoms with van der Waals surface area (Å²) in [6.45, 7) is 7.08. The van der Waals surface area contributed by atoms with Crippen LogP contribution in [-0.2, 0) is 25.7 Å². The van der Waals surface area contributed by atoms with Crippen molar-refractivity contribution in [3.05, 3.63) is 71.4 Å². The molecule has 5 N–H and O–H groups in total. The summed E-state index contributed by atoms with van der Waals surface area (Å²) in [4.78, 5) is 67.0. The van der Waals surface area contributed by atoms with Crippen LogP contribution in [-0.4, -0.2) is 53.0 Å². The quantitative estimate of drug-likeness (QED) is 0.178. The Morgan fingerprint density at radius 1 is 0.927 bits per heavy atom. The Hall–Kier alpha value is -4.61. The molecule has 12 heteroatoms. The lowest BCUT2D eigenvalue weighted by molar-refractivity contribution is -0.133. The Morgan fingerprint density at radius 3 is 2.32 bits per heavy atom. The van der Waals surface area contributed by atoms with Crippen molar-refractivity contribution in [1.29, 1.82) is 0 Å². The number of Topliss-reactive ketones (excluding diaryl/α,β-unsaturated/α-hetero) is 1. The third-order valence-electron chi connectivity index (χ3n) is 6.09. The van der Waals surface area contributed by atoms with E-state index in [0.29, 0.717) is 23.5 Å². The summed E-state index contributed by atoms with van der Waals surface area (Å²) in [5.41, 5.74) is 0.517. The van der Waals surface area contributed by atoms with Crippen LogP contribution in [0.25, 0.3) is 10.9 Å². The van der Waals surface area contributed by atoms with Crippen LogP contribution < -0.4 is 21.3 Å². The summed E-state index contributed by atoms with van der Waals surface area (Å²) in [7, 11) is 0. The summed E-state index contributed by atoms with van der Waals surface area (Å²) >= 11 is 0. The first kappa shape index (κ1) is 30.9. The monoisotopic (exact) mass is 569 g/mol. The van der Waals surface area contributed by atoms with E-state index in [1.54, 1.807) is 24.3 Å². The number of halogens is 2. The molecule has 0 bridgehead atoms. The third kappa shape index (κ3) is 8.69. The molecule has 0 aliphatic carbocycles. The van der Waals surface area contributed by atoms with Gasteiger partial charge in [-0.15, -0.1) is 0 Å². The molecular weight excluding hydrogens is 536 g/mol. The highest BCUT2D eigenvalue weighted by Gasteiger charge is 2.30. The van der Waals surface area contributed by atoms with E-state index < -0.39 is 59.6 Å². The van der Waals surface area contributed by atoms with Gasteiger partial charge < -0.3 is 26.3 Å². The van der Waals surface area contributed by atoms with Crippen molar-refractivity contribution in [2.75, 3.05) is 6.54 Å². The average molecular weight is 570 g/mol. The number of nitrogens with one attached hydrogen (secondary N) is 5. The Balaban J connectivity index is 1.69. The first-order chi connectivity index (χ1) is 19.2. The number of ketones is 1. The van der Waals surface area contributed by atoms with E-state index in [2.05, 4.69) is 26.3 Å². The van der Waals surface area contributed by atoms with Crippen LogP contribution in [0.1, 0.15) is 50.0 Å². The second-order valence-corrected chi connectivity index (χ2v) is 10.8. The number of fused-ring (bicyclic) bond motifs is 1. The van der Waals surface area contributed by atoms with Gasteiger partial charge in [-0.2, -0.15) is 0 Å². The number of aromatic amines is 1. The van der Waals surface area contributed by atoms with Crippen molar-refractivity contribution in [1.82, 2.24) is 26.3 Å². The molecule has 218 valence electrons. The second kappa shape index (κ2) is 13.2. The molecule has 1 heterocycles. The minimum atomic E-state index is -1.48. The second-order valence-electron chi connectivity index (χ2n) is 10.8. The van der Waals surface area contributed by atoms with Crippen LogP contribution in [0.3, 0.4) is 0 Å². The SMILES string of the molecule is C[C@H](NC(=O)C(CC(=O)NCC(C)(C)C)NC(=O)C(=O)c1c[nH]c2ccccc12)C(=O)NCc1ccc(F)cc1F. The van der Waals surface area contributed by atoms with Gasteiger partial charge in [0.25, 0.3) is 11.7 Å². The van der Waals surface area contributed by atoms with Crippen LogP contribution in [0.2, 0.25) is 0 Å². The predicted octanol–water partition coefficient (Wildman–Crippen LogP) is 2.49. The molecule has 0 saturated heterocycles. The number of carbonyl (C=O) groups is 5. The molecule has 3 aromatic rings. The molecule has 4 amide bonds. The molecule has 3 rings (SSSR count). The highest BCUT2D eigenvalue weighted by atomic mass is 19.1. The molecule has 0 aliphatic rings. The van der Waals surface area contributed by atoms with E-state index in [4.69, 9.17) is 0 Å². The fourth-order valence-corrected chi connectivity index (χ4v) is 3.82. The number of rotatable bonds is 11. The molecule has 41 heavy (non-hydrogen) atoms. The Kier molecular flexibility index (Phi) is 9.93. The maximum absolute atomic E-state index is 13.9. The minimum Gasteiger partial charge on any atom is -0.360 e. The lowest BCUT2D eigenvalue weighted by Gasteiger charge is -2.22. The van der Waals surface area contributed by atoms with Gasteiger partial charge in [-0.25, -0.2) is 8.78 Å². The maximum Gasteiger partial charge on any atom is 0.293 e. The topological polar surface area (TPSA) is 149 Å². The lowest BCUT2D eigenvalue weighted by Crippen LogP contribution is -2.55. The van der Waals surface area contributed by atoms with Crippen molar-refractivity contribution < 1.29 is 32.8 Å². The molecule has 1 unspecified atom stereocenters. The lowest BCUT2D eigenvalue weighted by atomic mass is 9.97. The first-order valence-electron chi connectivity index (χ1n) is 12.9. The molecule has 0 aliphatic heterocycles. The van der Waals surface area contributed by atoms with Crippen LogP contribution in [0.5, 0.6) is 0 Å². The number of amides is 4. The van der Waals surface area contributed by atoms with Gasteiger partial charge >= 0.3 is 0 Å². The standard InChI is InChI=1S/C29H33F2N5O5/c1-16(26(39)33-13-17-9-10-18(30)11-21(17)31)35-27(40)23(12-24(37)34-15-29(2,3)4)36-28(41)25(38)20-14-32-22-8-6-5-7-19(20)22/h5-11,14,16,23,32H,12-13,15H2,1-4H3,(H,33,39)(H,34,37)(H,35,40)(H,36,41)/t16-,23?/m0/s1. The Bertz CT molecular complexity index is 1460. The van der Waals surface area contributed by atoms with E-state index in [1.165, 1.54) is 19.2 Å². The fourth-order valence-electron chi connectivity index (χ4n) is 3.82. The molecule has 0 saturated carbocycles. The number of para-hydroxylation sites is 1. The van der Waals surface area contributed by atoms with Gasteiger partial charge in [0.1, 0.15) is 23.7 Å². The molecule has 10 nitrogen and oxygen atoms in total. The highest BCUT2D eigenvalue weighted by molar-refractivity contribution is 6.45. The summed E-state index contributed by atoms with van der Waals surface area (Å²) in [6.07, 6.45) is 0.887. The number of carbonyl (C=O) groups excluding carboxylic acids is 5. The van der Waals surface area contributed by atoms with E-state index >= 15 is 0 Å². The fraction of sp³-hybridized carbons (Fsp3) is 0.345. The molecule has 0 radical (unpaired) electrons. The average Bonchev–Trinajstić information content (AvgIpc) is 3.34. The zero-order valence-electron chi connectivity index (χ0n) is 23.2. The third-order valence-corrected chi connectivity index (χ3v) is 6.09. The van der Waals surface area contributed by atoms with Crippen LogP contribution in [0.4, 0.5) is 8.78 Å². The van der Waals surface area contributed by atoms with Crippen LogP contribution in [0, 0.1) is 17.0 Å². The van der Waals surface area contributed by atoms with Crippen molar-refractivity contribution in [2.24, 2.45) is 5.41 Å². The summed E-state index contributed by atoms with van der Waals surface area (Å²) in [6, 6.07) is 7.13. The molecular formula is C29H33F2N5O5. The molecule has 2 aromatic carbocycles.